The predicted molar refractivity (Wildman–Crippen MR) is 65.6 cm³/mol. The monoisotopic (exact) mass is 238 g/mol. The van der Waals surface area contributed by atoms with Crippen LogP contribution in [0.15, 0.2) is 0 Å². The third-order valence-corrected chi connectivity index (χ3v) is 3.55. The highest BCUT2D eigenvalue weighted by Gasteiger charge is 2.25. The molecule has 3 N–H and O–H groups in total. The lowest BCUT2D eigenvalue weighted by Crippen LogP contribution is -2.27. The molecule has 1 saturated carbocycles. The summed E-state index contributed by atoms with van der Waals surface area (Å²) in [5.74, 6) is 2.36. The van der Waals surface area contributed by atoms with Crippen LogP contribution < -0.4 is 5.73 Å². The Balaban J connectivity index is 2.14. The van der Waals surface area contributed by atoms with E-state index in [1.54, 1.807) is 6.92 Å². The van der Waals surface area contributed by atoms with Gasteiger partial charge in [0, 0.05) is 12.0 Å². The number of aromatic nitrogens is 3. The summed E-state index contributed by atoms with van der Waals surface area (Å²) in [7, 11) is 0. The summed E-state index contributed by atoms with van der Waals surface area (Å²) in [5.41, 5.74) is 5.92. The maximum atomic E-state index is 9.52. The van der Waals surface area contributed by atoms with Crippen molar-refractivity contribution in [2.75, 3.05) is 0 Å². The van der Waals surface area contributed by atoms with E-state index in [-0.39, 0.29) is 6.10 Å². The molecule has 1 atom stereocenters. The van der Waals surface area contributed by atoms with Gasteiger partial charge in [0.2, 0.25) is 0 Å². The van der Waals surface area contributed by atoms with Crippen molar-refractivity contribution in [2.45, 2.75) is 64.1 Å². The minimum atomic E-state index is -0.366. The minimum Gasteiger partial charge on any atom is -0.392 e. The van der Waals surface area contributed by atoms with Gasteiger partial charge in [-0.1, -0.05) is 0 Å². The molecule has 0 aromatic carbocycles. The molecule has 1 unspecified atom stereocenters. The zero-order valence-corrected chi connectivity index (χ0v) is 10.6. The molecule has 1 aliphatic carbocycles. The van der Waals surface area contributed by atoms with E-state index in [2.05, 4.69) is 10.2 Å². The van der Waals surface area contributed by atoms with Gasteiger partial charge in [-0.05, 0) is 39.5 Å². The van der Waals surface area contributed by atoms with E-state index in [1.807, 2.05) is 11.5 Å². The normalized spacial score (nSPS) is 27.1. The van der Waals surface area contributed by atoms with Gasteiger partial charge in [0.25, 0.3) is 0 Å². The summed E-state index contributed by atoms with van der Waals surface area (Å²) >= 11 is 0. The number of nitrogens with zero attached hydrogens (tertiary/aromatic N) is 3. The SMILES string of the molecule is Cc1nnc(C2CCC(N)CC2)n1CC(C)O. The topological polar surface area (TPSA) is 77.0 Å². The number of hydrogen-bond acceptors (Lipinski definition) is 4. The average molecular weight is 238 g/mol. The first kappa shape index (κ1) is 12.5. The average Bonchev–Trinajstić information content (AvgIpc) is 2.61. The maximum absolute atomic E-state index is 9.52. The van der Waals surface area contributed by atoms with E-state index in [0.717, 1.165) is 37.3 Å². The zero-order valence-electron chi connectivity index (χ0n) is 10.6. The van der Waals surface area contributed by atoms with E-state index < -0.39 is 0 Å². The fourth-order valence-corrected chi connectivity index (χ4v) is 2.57. The Bertz CT molecular complexity index is 367. The quantitative estimate of drug-likeness (QED) is 0.822. The molecule has 5 nitrogen and oxygen atoms in total. The first-order chi connectivity index (χ1) is 8.08. The Morgan fingerprint density at radius 3 is 2.59 bits per heavy atom. The van der Waals surface area contributed by atoms with Crippen LogP contribution in [-0.4, -0.2) is 32.0 Å². The van der Waals surface area contributed by atoms with Crippen LogP contribution in [0.4, 0.5) is 0 Å². The Kier molecular flexibility index (Phi) is 3.79. The molecular weight excluding hydrogens is 216 g/mol. The third kappa shape index (κ3) is 2.84. The molecule has 0 amide bonds. The second-order valence-corrected chi connectivity index (χ2v) is 5.18. The Hall–Kier alpha value is -0.940. The van der Waals surface area contributed by atoms with E-state index >= 15 is 0 Å². The Labute approximate surface area is 102 Å². The molecule has 0 aliphatic heterocycles. The van der Waals surface area contributed by atoms with Gasteiger partial charge in [-0.2, -0.15) is 0 Å². The molecule has 1 fully saturated rings. The van der Waals surface area contributed by atoms with Crippen molar-refractivity contribution in [1.29, 1.82) is 0 Å². The van der Waals surface area contributed by atoms with Crippen LogP contribution in [0.3, 0.4) is 0 Å². The number of rotatable bonds is 3. The summed E-state index contributed by atoms with van der Waals surface area (Å²) in [6, 6.07) is 0.348. The maximum Gasteiger partial charge on any atom is 0.136 e. The van der Waals surface area contributed by atoms with Gasteiger partial charge in [0.15, 0.2) is 0 Å². The number of aliphatic hydroxyl groups excluding tert-OH is 1. The third-order valence-electron chi connectivity index (χ3n) is 3.55. The van der Waals surface area contributed by atoms with Crippen LogP contribution in [0.5, 0.6) is 0 Å². The van der Waals surface area contributed by atoms with Crippen molar-refractivity contribution in [2.24, 2.45) is 5.73 Å². The molecule has 1 aliphatic rings. The molecule has 0 radical (unpaired) electrons. The molecular formula is C12H22N4O. The second kappa shape index (κ2) is 5.14. The Morgan fingerprint density at radius 2 is 2.00 bits per heavy atom. The van der Waals surface area contributed by atoms with Gasteiger partial charge in [-0.15, -0.1) is 10.2 Å². The second-order valence-electron chi connectivity index (χ2n) is 5.18. The predicted octanol–water partition coefficient (Wildman–Crippen LogP) is 0.952. The lowest BCUT2D eigenvalue weighted by Gasteiger charge is -2.26. The zero-order chi connectivity index (χ0) is 12.4. The van der Waals surface area contributed by atoms with E-state index in [4.69, 9.17) is 5.73 Å². The highest BCUT2D eigenvalue weighted by Crippen LogP contribution is 2.31. The molecule has 1 heterocycles. The number of aliphatic hydroxyl groups is 1. The molecule has 0 spiro atoms. The van der Waals surface area contributed by atoms with Gasteiger partial charge in [-0.3, -0.25) is 0 Å². The van der Waals surface area contributed by atoms with Crippen molar-refractivity contribution in [1.82, 2.24) is 14.8 Å². The largest absolute Gasteiger partial charge is 0.392 e. The first-order valence-electron chi connectivity index (χ1n) is 6.41. The van der Waals surface area contributed by atoms with Crippen molar-refractivity contribution in [3.05, 3.63) is 11.6 Å². The smallest absolute Gasteiger partial charge is 0.136 e. The lowest BCUT2D eigenvalue weighted by atomic mass is 9.86. The molecule has 2 rings (SSSR count). The molecule has 5 heteroatoms. The lowest BCUT2D eigenvalue weighted by molar-refractivity contribution is 0.170. The van der Waals surface area contributed by atoms with Gasteiger partial charge < -0.3 is 15.4 Å². The Morgan fingerprint density at radius 1 is 1.35 bits per heavy atom. The van der Waals surface area contributed by atoms with Crippen LogP contribution >= 0.6 is 0 Å². The summed E-state index contributed by atoms with van der Waals surface area (Å²) in [5, 5.41) is 17.9. The molecule has 96 valence electrons. The van der Waals surface area contributed by atoms with Crippen LogP contribution in [0.2, 0.25) is 0 Å². The first-order valence-corrected chi connectivity index (χ1v) is 6.41. The molecule has 1 aromatic rings. The van der Waals surface area contributed by atoms with Gasteiger partial charge in [-0.25, -0.2) is 0 Å². The van der Waals surface area contributed by atoms with Crippen LogP contribution in [0.1, 0.15) is 50.2 Å². The minimum absolute atomic E-state index is 0.348. The molecule has 1 aromatic heterocycles. The highest BCUT2D eigenvalue weighted by atomic mass is 16.3. The van der Waals surface area contributed by atoms with Gasteiger partial charge in [0.1, 0.15) is 11.6 Å². The standard InChI is InChI=1S/C12H22N4O/c1-8(17)7-16-9(2)14-15-12(16)10-3-5-11(13)6-4-10/h8,10-11,17H,3-7,13H2,1-2H3. The number of aryl methyl sites for hydroxylation is 1. The van der Waals surface area contributed by atoms with E-state index in [0.29, 0.717) is 18.5 Å². The summed E-state index contributed by atoms with van der Waals surface area (Å²) in [6.45, 7) is 4.31. The van der Waals surface area contributed by atoms with Crippen LogP contribution in [0, 0.1) is 6.92 Å². The molecule has 17 heavy (non-hydrogen) atoms. The fourth-order valence-electron chi connectivity index (χ4n) is 2.57. The van der Waals surface area contributed by atoms with Crippen molar-refractivity contribution in [3.8, 4) is 0 Å². The van der Waals surface area contributed by atoms with E-state index in [9.17, 15) is 5.11 Å². The van der Waals surface area contributed by atoms with Crippen LogP contribution in [0.25, 0.3) is 0 Å². The van der Waals surface area contributed by atoms with Crippen molar-refractivity contribution in [3.63, 3.8) is 0 Å². The van der Waals surface area contributed by atoms with Crippen molar-refractivity contribution < 1.29 is 5.11 Å². The fraction of sp³-hybridized carbons (Fsp3) is 0.833. The number of hydrogen-bond donors (Lipinski definition) is 2. The molecule has 0 saturated heterocycles. The molecule has 0 bridgehead atoms. The van der Waals surface area contributed by atoms with Gasteiger partial charge in [0.05, 0.1) is 12.6 Å². The van der Waals surface area contributed by atoms with E-state index in [1.165, 1.54) is 0 Å². The van der Waals surface area contributed by atoms with Crippen molar-refractivity contribution >= 4 is 0 Å². The highest BCUT2D eigenvalue weighted by molar-refractivity contribution is 5.03. The summed E-state index contributed by atoms with van der Waals surface area (Å²) in [4.78, 5) is 0. The van der Waals surface area contributed by atoms with Gasteiger partial charge >= 0.3 is 0 Å². The van der Waals surface area contributed by atoms with Crippen LogP contribution in [-0.2, 0) is 6.54 Å². The number of nitrogens with two attached hydrogens (primary N) is 1. The summed E-state index contributed by atoms with van der Waals surface area (Å²) < 4.78 is 2.05. The summed E-state index contributed by atoms with van der Waals surface area (Å²) in [6.07, 6.45) is 3.92.